The lowest BCUT2D eigenvalue weighted by Gasteiger charge is -2.14. The molecule has 0 aliphatic rings. The number of amides is 2. The van der Waals surface area contributed by atoms with Crippen molar-refractivity contribution < 1.29 is 9.59 Å². The van der Waals surface area contributed by atoms with E-state index in [1.807, 2.05) is 18.5 Å². The minimum atomic E-state index is -2.13. The second-order valence-corrected chi connectivity index (χ2v) is 8.36. The van der Waals surface area contributed by atoms with Gasteiger partial charge in [0.15, 0.2) is 0 Å². The molecule has 0 aliphatic carbocycles. The van der Waals surface area contributed by atoms with E-state index in [4.69, 9.17) is 34.8 Å². The van der Waals surface area contributed by atoms with Gasteiger partial charge in [-0.25, -0.2) is 0 Å². The first kappa shape index (κ1) is 21.5. The summed E-state index contributed by atoms with van der Waals surface area (Å²) in [6, 6.07) is 6.50. The van der Waals surface area contributed by atoms with E-state index >= 15 is 0 Å². The van der Waals surface area contributed by atoms with Crippen LogP contribution in [0.15, 0.2) is 24.3 Å². The molecule has 0 atom stereocenters. The Bertz CT molecular complexity index is 844. The number of anilines is 2. The Balaban J connectivity index is 2.25. The van der Waals surface area contributed by atoms with E-state index in [1.165, 1.54) is 0 Å². The Morgan fingerprint density at radius 3 is 2.44 bits per heavy atom. The summed E-state index contributed by atoms with van der Waals surface area (Å²) in [5.74, 6) is -1.23. The number of para-hydroxylation sites is 1. The molecule has 1 aromatic heterocycles. The van der Waals surface area contributed by atoms with E-state index in [2.05, 4.69) is 22.7 Å². The molecule has 0 bridgehead atoms. The Morgan fingerprint density at radius 1 is 1.15 bits per heavy atom. The molecular weight excluding hydrogens is 411 g/mol. The average molecular weight is 432 g/mol. The molecule has 27 heavy (non-hydrogen) atoms. The Hall–Kier alpha value is -1.76. The quantitative estimate of drug-likeness (QED) is 0.641. The van der Waals surface area contributed by atoms with Crippen LogP contribution in [0.4, 0.5) is 11.4 Å². The molecule has 0 radical (unpaired) electrons. The van der Waals surface area contributed by atoms with Gasteiger partial charge in [0.2, 0.25) is 0 Å². The number of aryl methyl sites for hydroxylation is 2. The van der Waals surface area contributed by atoms with Crippen molar-refractivity contribution in [2.45, 2.75) is 44.0 Å². The number of hydrogen-bond donors (Lipinski definition) is 2. The van der Waals surface area contributed by atoms with Crippen LogP contribution in [-0.4, -0.2) is 25.4 Å². The van der Waals surface area contributed by atoms with Crippen LogP contribution in [0, 0.1) is 13.8 Å². The summed E-state index contributed by atoms with van der Waals surface area (Å²) in [6.07, 6.45) is 2.05. The average Bonchev–Trinajstić information content (AvgIpc) is 2.87. The number of nitrogens with zero attached hydrogens (tertiary/aromatic N) is 2. The van der Waals surface area contributed by atoms with Crippen LogP contribution >= 0.6 is 34.8 Å². The molecule has 1 heterocycles. The molecule has 146 valence electrons. The first-order valence-corrected chi connectivity index (χ1v) is 9.61. The number of nitrogens with one attached hydrogen (secondary N) is 2. The molecule has 2 amide bonds. The Morgan fingerprint density at radius 2 is 1.81 bits per heavy atom. The third-order valence-electron chi connectivity index (χ3n) is 4.02. The molecule has 0 aliphatic heterocycles. The molecule has 2 rings (SSSR count). The molecule has 0 saturated carbocycles. The van der Waals surface area contributed by atoms with E-state index in [9.17, 15) is 9.59 Å². The number of hydrogen-bond acceptors (Lipinski definition) is 3. The molecule has 0 spiro atoms. The topological polar surface area (TPSA) is 76.0 Å². The molecule has 1 aromatic carbocycles. The standard InChI is InChI=1S/C18H21Cl3N4O2/c1-4-5-10-25-12(3)15(11(2)24-25)23-16(26)13-8-6-7-9-14(13)22-17(27)18(19,20)21/h6-9H,4-5,10H2,1-3H3,(H,22,27)(H,23,26). The highest BCUT2D eigenvalue weighted by Gasteiger charge is 2.31. The van der Waals surface area contributed by atoms with Gasteiger partial charge in [0, 0.05) is 6.54 Å². The third-order valence-corrected chi connectivity index (χ3v) is 4.54. The van der Waals surface area contributed by atoms with Gasteiger partial charge >= 0.3 is 0 Å². The maximum Gasteiger partial charge on any atom is 0.276 e. The van der Waals surface area contributed by atoms with Gasteiger partial charge in [0.1, 0.15) is 0 Å². The van der Waals surface area contributed by atoms with Crippen LogP contribution in [0.3, 0.4) is 0 Å². The summed E-state index contributed by atoms with van der Waals surface area (Å²) >= 11 is 16.8. The fourth-order valence-corrected chi connectivity index (χ4v) is 2.71. The van der Waals surface area contributed by atoms with E-state index in [1.54, 1.807) is 24.3 Å². The molecule has 9 heteroatoms. The second-order valence-electron chi connectivity index (χ2n) is 6.07. The van der Waals surface area contributed by atoms with Gasteiger partial charge in [0.05, 0.1) is 28.3 Å². The zero-order valence-corrected chi connectivity index (χ0v) is 17.5. The fraction of sp³-hybridized carbons (Fsp3) is 0.389. The number of carbonyl (C=O) groups is 2. The van der Waals surface area contributed by atoms with Gasteiger partial charge in [-0.2, -0.15) is 5.10 Å². The van der Waals surface area contributed by atoms with Crippen LogP contribution in [0.25, 0.3) is 0 Å². The lowest BCUT2D eigenvalue weighted by atomic mass is 10.1. The lowest BCUT2D eigenvalue weighted by Crippen LogP contribution is -2.28. The summed E-state index contributed by atoms with van der Waals surface area (Å²) in [5, 5.41) is 9.81. The first-order chi connectivity index (χ1) is 12.6. The van der Waals surface area contributed by atoms with Gasteiger partial charge in [-0.05, 0) is 32.4 Å². The second kappa shape index (κ2) is 8.95. The molecule has 0 saturated heterocycles. The maximum absolute atomic E-state index is 12.8. The highest BCUT2D eigenvalue weighted by molar-refractivity contribution is 6.76. The van der Waals surface area contributed by atoms with E-state index < -0.39 is 15.6 Å². The fourth-order valence-electron chi connectivity index (χ4n) is 2.57. The van der Waals surface area contributed by atoms with Crippen molar-refractivity contribution >= 4 is 58.0 Å². The first-order valence-electron chi connectivity index (χ1n) is 8.47. The molecular formula is C18H21Cl3N4O2. The highest BCUT2D eigenvalue weighted by atomic mass is 35.6. The molecule has 6 nitrogen and oxygen atoms in total. The van der Waals surface area contributed by atoms with Crippen molar-refractivity contribution in [1.82, 2.24) is 9.78 Å². The number of carbonyl (C=O) groups excluding carboxylic acids is 2. The number of aromatic nitrogens is 2. The van der Waals surface area contributed by atoms with Gasteiger partial charge < -0.3 is 10.6 Å². The molecule has 2 N–H and O–H groups in total. The summed E-state index contributed by atoms with van der Waals surface area (Å²) in [6.45, 7) is 6.63. The van der Waals surface area contributed by atoms with E-state index in [-0.39, 0.29) is 11.3 Å². The highest BCUT2D eigenvalue weighted by Crippen LogP contribution is 2.29. The minimum absolute atomic E-state index is 0.250. The van der Waals surface area contributed by atoms with Gasteiger partial charge in [0.25, 0.3) is 15.6 Å². The summed E-state index contributed by atoms with van der Waals surface area (Å²) in [4.78, 5) is 24.7. The van der Waals surface area contributed by atoms with Crippen LogP contribution in [0.5, 0.6) is 0 Å². The zero-order chi connectivity index (χ0) is 20.2. The monoisotopic (exact) mass is 430 g/mol. The van der Waals surface area contributed by atoms with Crippen molar-refractivity contribution in [3.63, 3.8) is 0 Å². The predicted octanol–water partition coefficient (Wildman–Crippen LogP) is 4.86. The SMILES string of the molecule is CCCCn1nc(C)c(NC(=O)c2ccccc2NC(=O)C(Cl)(Cl)Cl)c1C. The summed E-state index contributed by atoms with van der Waals surface area (Å²) in [7, 11) is 0. The van der Waals surface area contributed by atoms with Crippen molar-refractivity contribution in [3.8, 4) is 0 Å². The lowest BCUT2D eigenvalue weighted by molar-refractivity contribution is -0.115. The van der Waals surface area contributed by atoms with Crippen LogP contribution in [-0.2, 0) is 11.3 Å². The minimum Gasteiger partial charge on any atom is -0.322 e. The Labute approximate surface area is 173 Å². The number of alkyl halides is 3. The van der Waals surface area contributed by atoms with Gasteiger partial charge in [-0.1, -0.05) is 60.3 Å². The van der Waals surface area contributed by atoms with Crippen LogP contribution < -0.4 is 10.6 Å². The smallest absolute Gasteiger partial charge is 0.276 e. The van der Waals surface area contributed by atoms with Crippen LogP contribution in [0.1, 0.15) is 41.5 Å². The normalized spacial score (nSPS) is 11.3. The van der Waals surface area contributed by atoms with E-state index in [0.717, 1.165) is 30.8 Å². The molecule has 0 unspecified atom stereocenters. The largest absolute Gasteiger partial charge is 0.322 e. The molecule has 0 fully saturated rings. The predicted molar refractivity (Wildman–Crippen MR) is 110 cm³/mol. The third kappa shape index (κ3) is 5.37. The zero-order valence-electron chi connectivity index (χ0n) is 15.3. The number of benzene rings is 1. The molecule has 2 aromatic rings. The number of rotatable bonds is 6. The van der Waals surface area contributed by atoms with E-state index in [0.29, 0.717) is 5.69 Å². The van der Waals surface area contributed by atoms with Gasteiger partial charge in [-0.15, -0.1) is 0 Å². The van der Waals surface area contributed by atoms with Gasteiger partial charge in [-0.3, -0.25) is 14.3 Å². The summed E-state index contributed by atoms with van der Waals surface area (Å²) < 4.78 is -0.248. The van der Waals surface area contributed by atoms with Crippen molar-refractivity contribution in [3.05, 3.63) is 41.2 Å². The Kier molecular flexibility index (Phi) is 7.14. The number of unbranched alkanes of at least 4 members (excludes halogenated alkanes) is 1. The van der Waals surface area contributed by atoms with Crippen molar-refractivity contribution in [1.29, 1.82) is 0 Å². The van der Waals surface area contributed by atoms with Crippen molar-refractivity contribution in [2.24, 2.45) is 0 Å². The van der Waals surface area contributed by atoms with Crippen molar-refractivity contribution in [2.75, 3.05) is 10.6 Å². The van der Waals surface area contributed by atoms with Crippen LogP contribution in [0.2, 0.25) is 0 Å². The summed E-state index contributed by atoms with van der Waals surface area (Å²) in [5.41, 5.74) is 2.75. The number of halogens is 3. The maximum atomic E-state index is 12.8.